The van der Waals surface area contributed by atoms with Crippen molar-refractivity contribution in [2.24, 2.45) is 0 Å². The van der Waals surface area contributed by atoms with E-state index in [0.29, 0.717) is 13.0 Å². The highest BCUT2D eigenvalue weighted by Gasteiger charge is 2.40. The van der Waals surface area contributed by atoms with E-state index >= 15 is 0 Å². The van der Waals surface area contributed by atoms with Crippen LogP contribution in [-0.2, 0) is 16.9 Å². The van der Waals surface area contributed by atoms with Crippen LogP contribution in [0.2, 0.25) is 13.1 Å². The highest BCUT2D eigenvalue weighted by Crippen LogP contribution is 2.34. The van der Waals surface area contributed by atoms with Crippen molar-refractivity contribution in [3.05, 3.63) is 65.7 Å². The molecule has 0 bridgehead atoms. The first-order valence-electron chi connectivity index (χ1n) is 9.52. The number of aliphatic hydroxyl groups is 1. The number of rotatable bonds is 9. The zero-order valence-corrected chi connectivity index (χ0v) is 17.8. The van der Waals surface area contributed by atoms with Gasteiger partial charge in [-0.25, -0.2) is 0 Å². The van der Waals surface area contributed by atoms with E-state index in [4.69, 9.17) is 9.47 Å². The molecule has 2 aromatic rings. The highest BCUT2D eigenvalue weighted by molar-refractivity contribution is 6.57. The first kappa shape index (κ1) is 20.7. The molecule has 0 heterocycles. The van der Waals surface area contributed by atoms with Gasteiger partial charge in [-0.1, -0.05) is 62.5 Å². The fraction of sp³-hybridized carbons (Fsp3) is 0.455. The monoisotopic (exact) mass is 372 g/mol. The minimum Gasteiger partial charge on any atom is -0.489 e. The van der Waals surface area contributed by atoms with Crippen molar-refractivity contribution in [2.45, 2.75) is 64.3 Å². The Morgan fingerprint density at radius 3 is 2.31 bits per heavy atom. The van der Waals surface area contributed by atoms with Crippen LogP contribution >= 0.6 is 0 Å². The van der Waals surface area contributed by atoms with E-state index in [-0.39, 0.29) is 11.8 Å². The van der Waals surface area contributed by atoms with Crippen LogP contribution in [0.15, 0.2) is 54.6 Å². The van der Waals surface area contributed by atoms with Crippen molar-refractivity contribution < 1.29 is 14.6 Å². The first-order valence-corrected chi connectivity index (χ1v) is 12.5. The minimum absolute atomic E-state index is 0.0884. The largest absolute Gasteiger partial charge is 0.489 e. The van der Waals surface area contributed by atoms with Gasteiger partial charge in [0.1, 0.15) is 18.0 Å². The second kappa shape index (κ2) is 9.35. The summed E-state index contributed by atoms with van der Waals surface area (Å²) in [5.41, 5.74) is 0.866. The third-order valence-corrected chi connectivity index (χ3v) is 6.54. The summed E-state index contributed by atoms with van der Waals surface area (Å²) in [7, 11) is -1.25. The predicted molar refractivity (Wildman–Crippen MR) is 110 cm³/mol. The molecular weight excluding hydrogens is 340 g/mol. The standard InChI is InChI=1S/C22H32O3Si/c1-6-22(23,21(26(4)5)25-17(2)3)19-13-10-14-20(15-19)24-16-18-11-8-7-9-12-18/h7-15,17,21,23,26H,6,16H2,1-5H3. The maximum absolute atomic E-state index is 11.5. The normalized spacial score (nSPS) is 15.1. The van der Waals surface area contributed by atoms with Crippen molar-refractivity contribution >= 4 is 8.80 Å². The van der Waals surface area contributed by atoms with Gasteiger partial charge in [-0.2, -0.15) is 0 Å². The Morgan fingerprint density at radius 2 is 1.73 bits per heavy atom. The summed E-state index contributed by atoms with van der Waals surface area (Å²) < 4.78 is 12.1. The number of hydrogen-bond donors (Lipinski definition) is 1. The zero-order valence-electron chi connectivity index (χ0n) is 16.6. The summed E-state index contributed by atoms with van der Waals surface area (Å²) >= 11 is 0. The molecule has 142 valence electrons. The molecule has 4 heteroatoms. The fourth-order valence-electron chi connectivity index (χ4n) is 3.28. The number of hydrogen-bond acceptors (Lipinski definition) is 3. The molecule has 0 aliphatic carbocycles. The van der Waals surface area contributed by atoms with E-state index in [1.807, 2.05) is 75.4 Å². The smallest absolute Gasteiger partial charge is 0.120 e. The van der Waals surface area contributed by atoms with Crippen LogP contribution < -0.4 is 4.74 Å². The van der Waals surface area contributed by atoms with Crippen LogP contribution in [0.3, 0.4) is 0 Å². The van der Waals surface area contributed by atoms with Crippen molar-refractivity contribution in [3.63, 3.8) is 0 Å². The Kier molecular flexibility index (Phi) is 7.44. The number of ether oxygens (including phenoxy) is 2. The Bertz CT molecular complexity index is 672. The maximum Gasteiger partial charge on any atom is 0.120 e. The topological polar surface area (TPSA) is 38.7 Å². The van der Waals surface area contributed by atoms with Crippen LogP contribution in [0.5, 0.6) is 5.75 Å². The molecule has 0 saturated heterocycles. The molecular formula is C22H32O3Si. The third-order valence-electron chi connectivity index (χ3n) is 4.62. The minimum atomic E-state index is -1.25. The van der Waals surface area contributed by atoms with Gasteiger partial charge in [-0.05, 0) is 43.5 Å². The molecule has 2 rings (SSSR count). The summed E-state index contributed by atoms with van der Waals surface area (Å²) in [6.07, 6.45) is 0.697. The quantitative estimate of drug-likeness (QED) is 0.649. The van der Waals surface area contributed by atoms with Gasteiger partial charge in [-0.3, -0.25) is 0 Å². The van der Waals surface area contributed by atoms with Crippen molar-refractivity contribution in [1.29, 1.82) is 0 Å². The average molecular weight is 373 g/mol. The summed E-state index contributed by atoms with van der Waals surface area (Å²) in [6.45, 7) is 11.0. The molecule has 3 nitrogen and oxygen atoms in total. The molecule has 0 saturated carbocycles. The fourth-order valence-corrected chi connectivity index (χ4v) is 5.44. The van der Waals surface area contributed by atoms with Gasteiger partial charge < -0.3 is 14.6 Å². The van der Waals surface area contributed by atoms with Crippen molar-refractivity contribution in [3.8, 4) is 5.75 Å². The van der Waals surface area contributed by atoms with E-state index in [1.54, 1.807) is 0 Å². The number of benzene rings is 2. The Morgan fingerprint density at radius 1 is 1.04 bits per heavy atom. The van der Waals surface area contributed by atoms with Gasteiger partial charge in [0.05, 0.1) is 20.6 Å². The molecule has 0 aliphatic heterocycles. The van der Waals surface area contributed by atoms with E-state index in [2.05, 4.69) is 13.1 Å². The SMILES string of the molecule is CCC(O)(c1cccc(OCc2ccccc2)c1)C(OC(C)C)[SiH](C)C. The van der Waals surface area contributed by atoms with E-state index in [0.717, 1.165) is 16.9 Å². The lowest BCUT2D eigenvalue weighted by molar-refractivity contribution is -0.0987. The lowest BCUT2D eigenvalue weighted by Gasteiger charge is -2.39. The molecule has 0 aliphatic rings. The Hall–Kier alpha value is -1.62. The van der Waals surface area contributed by atoms with Crippen LogP contribution in [0, 0.1) is 0 Å². The van der Waals surface area contributed by atoms with Gasteiger partial charge in [0, 0.05) is 0 Å². The van der Waals surface area contributed by atoms with Crippen molar-refractivity contribution in [2.75, 3.05) is 0 Å². The van der Waals surface area contributed by atoms with Gasteiger partial charge >= 0.3 is 0 Å². The molecule has 26 heavy (non-hydrogen) atoms. The molecule has 0 aromatic heterocycles. The van der Waals surface area contributed by atoms with Crippen LogP contribution in [0.1, 0.15) is 38.3 Å². The Labute approximate surface area is 159 Å². The van der Waals surface area contributed by atoms with E-state index in [1.165, 1.54) is 0 Å². The van der Waals surface area contributed by atoms with Gasteiger partial charge in [0.25, 0.3) is 0 Å². The van der Waals surface area contributed by atoms with Crippen LogP contribution in [0.4, 0.5) is 0 Å². The van der Waals surface area contributed by atoms with Crippen LogP contribution in [-0.4, -0.2) is 25.7 Å². The summed E-state index contributed by atoms with van der Waals surface area (Å²) in [6, 6.07) is 17.9. The highest BCUT2D eigenvalue weighted by atomic mass is 28.3. The molecule has 2 aromatic carbocycles. The average Bonchev–Trinajstić information content (AvgIpc) is 2.64. The molecule has 0 spiro atoms. The lowest BCUT2D eigenvalue weighted by Crippen LogP contribution is -2.49. The second-order valence-corrected chi connectivity index (χ2v) is 10.5. The lowest BCUT2D eigenvalue weighted by atomic mass is 9.91. The molecule has 0 fully saturated rings. The van der Waals surface area contributed by atoms with Crippen molar-refractivity contribution in [1.82, 2.24) is 0 Å². The third kappa shape index (κ3) is 5.19. The summed E-state index contributed by atoms with van der Waals surface area (Å²) in [4.78, 5) is 0. The summed E-state index contributed by atoms with van der Waals surface area (Å²) in [5, 5.41) is 11.5. The molecule has 2 unspecified atom stereocenters. The van der Waals surface area contributed by atoms with Gasteiger partial charge in [-0.15, -0.1) is 0 Å². The van der Waals surface area contributed by atoms with Gasteiger partial charge in [0.15, 0.2) is 0 Å². The van der Waals surface area contributed by atoms with E-state index < -0.39 is 14.4 Å². The summed E-state index contributed by atoms with van der Waals surface area (Å²) in [5.74, 6) is 0.770. The predicted octanol–water partition coefficient (Wildman–Crippen LogP) is 4.68. The molecule has 1 N–H and O–H groups in total. The zero-order chi connectivity index (χ0) is 19.2. The first-order chi connectivity index (χ1) is 12.4. The van der Waals surface area contributed by atoms with Crippen LogP contribution in [0.25, 0.3) is 0 Å². The second-order valence-electron chi connectivity index (χ2n) is 7.43. The maximum atomic E-state index is 11.5. The van der Waals surface area contributed by atoms with E-state index in [9.17, 15) is 5.11 Å². The van der Waals surface area contributed by atoms with Gasteiger partial charge in [0.2, 0.25) is 0 Å². The molecule has 0 radical (unpaired) electrons. The Balaban J connectivity index is 2.24. The molecule has 2 atom stereocenters. The molecule has 0 amide bonds.